The van der Waals surface area contributed by atoms with Crippen LogP contribution in [0.15, 0.2) is 36.7 Å². The highest BCUT2D eigenvalue weighted by atomic mass is 15.2. The molecule has 2 aliphatic heterocycles. The number of nitrogens with one attached hydrogen (secondary N) is 1. The molecule has 4 rings (SSSR count). The number of aromatic nitrogens is 2. The molecule has 2 aliphatic rings. The lowest BCUT2D eigenvalue weighted by Gasteiger charge is -2.16. The zero-order valence-electron chi connectivity index (χ0n) is 13.0. The summed E-state index contributed by atoms with van der Waals surface area (Å²) in [5, 5.41) is 3.60. The summed E-state index contributed by atoms with van der Waals surface area (Å²) in [5.74, 6) is 1.65. The van der Waals surface area contributed by atoms with Crippen LogP contribution in [0.25, 0.3) is 11.4 Å². The first-order valence-electron chi connectivity index (χ1n) is 8.11. The van der Waals surface area contributed by atoms with Crippen LogP contribution in [0.5, 0.6) is 0 Å². The number of aryl methyl sites for hydroxylation is 1. The summed E-state index contributed by atoms with van der Waals surface area (Å²) in [6.07, 6.45) is 5.28. The van der Waals surface area contributed by atoms with Gasteiger partial charge in [-0.05, 0) is 31.9 Å². The van der Waals surface area contributed by atoms with Crippen molar-refractivity contribution in [2.45, 2.75) is 25.9 Å². The topological polar surface area (TPSA) is 41.1 Å². The van der Waals surface area contributed by atoms with E-state index in [0.717, 1.165) is 30.4 Å². The number of hydrogen-bond acceptors (Lipinski definition) is 4. The summed E-state index contributed by atoms with van der Waals surface area (Å²) in [6.45, 7) is 6.61. The van der Waals surface area contributed by atoms with Gasteiger partial charge in [0.25, 0.3) is 0 Å². The summed E-state index contributed by atoms with van der Waals surface area (Å²) in [7, 11) is 0. The Balaban J connectivity index is 1.44. The van der Waals surface area contributed by atoms with Crippen LogP contribution < -0.4 is 5.32 Å². The van der Waals surface area contributed by atoms with E-state index in [1.807, 2.05) is 12.4 Å². The second-order valence-electron chi connectivity index (χ2n) is 6.59. The average Bonchev–Trinajstić information content (AvgIpc) is 3.09. The van der Waals surface area contributed by atoms with Gasteiger partial charge >= 0.3 is 0 Å². The molecule has 2 saturated heterocycles. The molecule has 0 spiro atoms. The van der Waals surface area contributed by atoms with Gasteiger partial charge in [-0.2, -0.15) is 0 Å². The summed E-state index contributed by atoms with van der Waals surface area (Å²) in [4.78, 5) is 11.6. The highest BCUT2D eigenvalue weighted by Gasteiger charge is 2.35. The van der Waals surface area contributed by atoms with Crippen LogP contribution in [0.2, 0.25) is 0 Å². The quantitative estimate of drug-likeness (QED) is 0.942. The molecule has 2 atom stereocenters. The van der Waals surface area contributed by atoms with Gasteiger partial charge in [0.05, 0.1) is 0 Å². The van der Waals surface area contributed by atoms with Gasteiger partial charge in [-0.3, -0.25) is 4.90 Å². The average molecular weight is 294 g/mol. The van der Waals surface area contributed by atoms with Gasteiger partial charge in [0, 0.05) is 49.2 Å². The molecule has 1 N–H and O–H groups in total. The third-order valence-electron chi connectivity index (χ3n) is 4.83. The molecule has 2 aromatic rings. The predicted molar refractivity (Wildman–Crippen MR) is 87.4 cm³/mol. The number of fused-ring (bicyclic) bond motifs is 1. The predicted octanol–water partition coefficient (Wildman–Crippen LogP) is 2.25. The molecule has 4 nitrogen and oxygen atoms in total. The number of hydrogen-bond donors (Lipinski definition) is 1. The zero-order chi connectivity index (χ0) is 14.9. The van der Waals surface area contributed by atoms with Gasteiger partial charge in [-0.1, -0.05) is 23.8 Å². The van der Waals surface area contributed by atoms with E-state index in [0.29, 0.717) is 6.04 Å². The Morgan fingerprint density at radius 1 is 1.23 bits per heavy atom. The fraction of sp³-hybridized carbons (Fsp3) is 0.444. The van der Waals surface area contributed by atoms with Gasteiger partial charge in [0.2, 0.25) is 0 Å². The molecule has 0 aliphatic carbocycles. The first kappa shape index (κ1) is 13.9. The largest absolute Gasteiger partial charge is 0.312 e. The van der Waals surface area contributed by atoms with Gasteiger partial charge in [-0.15, -0.1) is 0 Å². The fourth-order valence-electron chi connectivity index (χ4n) is 3.70. The molecule has 2 fully saturated rings. The molecule has 22 heavy (non-hydrogen) atoms. The third-order valence-corrected chi connectivity index (χ3v) is 4.83. The first-order chi connectivity index (χ1) is 10.8. The maximum Gasteiger partial charge on any atom is 0.159 e. The highest BCUT2D eigenvalue weighted by Crippen LogP contribution is 2.25. The van der Waals surface area contributed by atoms with E-state index in [4.69, 9.17) is 0 Å². The number of benzene rings is 1. The summed E-state index contributed by atoms with van der Waals surface area (Å²) in [5.41, 5.74) is 3.53. The molecule has 114 valence electrons. The lowest BCUT2D eigenvalue weighted by atomic mass is 10.1. The van der Waals surface area contributed by atoms with E-state index >= 15 is 0 Å². The molecule has 0 radical (unpaired) electrons. The van der Waals surface area contributed by atoms with Crippen molar-refractivity contribution in [2.24, 2.45) is 5.92 Å². The van der Waals surface area contributed by atoms with E-state index in [1.54, 1.807) is 0 Å². The van der Waals surface area contributed by atoms with Crippen molar-refractivity contribution in [1.29, 1.82) is 0 Å². The summed E-state index contributed by atoms with van der Waals surface area (Å²) < 4.78 is 0. The van der Waals surface area contributed by atoms with Crippen LogP contribution in [0.4, 0.5) is 0 Å². The number of likely N-dealkylation sites (tertiary alicyclic amines) is 1. The minimum absolute atomic E-state index is 0.701. The molecular weight excluding hydrogens is 272 g/mol. The normalized spacial score (nSPS) is 24.6. The number of rotatable bonds is 3. The van der Waals surface area contributed by atoms with Gasteiger partial charge in [0.15, 0.2) is 5.82 Å². The van der Waals surface area contributed by atoms with Crippen LogP contribution in [-0.4, -0.2) is 40.5 Å². The highest BCUT2D eigenvalue weighted by molar-refractivity contribution is 5.55. The van der Waals surface area contributed by atoms with E-state index < -0.39 is 0 Å². The van der Waals surface area contributed by atoms with Crippen molar-refractivity contribution in [3.8, 4) is 11.4 Å². The maximum absolute atomic E-state index is 4.55. The van der Waals surface area contributed by atoms with Crippen molar-refractivity contribution in [2.75, 3.05) is 19.6 Å². The second kappa shape index (κ2) is 5.78. The Labute approximate surface area is 131 Å². The Bertz CT molecular complexity index is 640. The molecule has 1 aromatic heterocycles. The molecular formula is C18H22N4. The van der Waals surface area contributed by atoms with Crippen LogP contribution in [0, 0.1) is 12.8 Å². The SMILES string of the molecule is Cc1cccc(-c2ncc(CN3C[C@@H]4CCN[C@@H]4C3)cn2)c1. The molecule has 0 amide bonds. The maximum atomic E-state index is 4.55. The zero-order valence-corrected chi connectivity index (χ0v) is 13.0. The van der Waals surface area contributed by atoms with Crippen molar-refractivity contribution in [3.63, 3.8) is 0 Å². The van der Waals surface area contributed by atoms with Crippen LogP contribution in [0.1, 0.15) is 17.5 Å². The summed E-state index contributed by atoms with van der Waals surface area (Å²) >= 11 is 0. The molecule has 4 heteroatoms. The molecule has 0 unspecified atom stereocenters. The Morgan fingerprint density at radius 3 is 2.86 bits per heavy atom. The van der Waals surface area contributed by atoms with Crippen LogP contribution in [-0.2, 0) is 6.54 Å². The van der Waals surface area contributed by atoms with Crippen LogP contribution in [0.3, 0.4) is 0 Å². The second-order valence-corrected chi connectivity index (χ2v) is 6.59. The smallest absolute Gasteiger partial charge is 0.159 e. The van der Waals surface area contributed by atoms with Gasteiger partial charge in [-0.25, -0.2) is 9.97 Å². The lowest BCUT2D eigenvalue weighted by Crippen LogP contribution is -2.29. The fourth-order valence-corrected chi connectivity index (χ4v) is 3.70. The van der Waals surface area contributed by atoms with Crippen molar-refractivity contribution in [1.82, 2.24) is 20.2 Å². The van der Waals surface area contributed by atoms with E-state index in [1.165, 1.54) is 30.6 Å². The monoisotopic (exact) mass is 294 g/mol. The Kier molecular flexibility index (Phi) is 3.64. The van der Waals surface area contributed by atoms with E-state index in [9.17, 15) is 0 Å². The van der Waals surface area contributed by atoms with Gasteiger partial charge < -0.3 is 5.32 Å². The molecule has 0 bridgehead atoms. The minimum Gasteiger partial charge on any atom is -0.312 e. The van der Waals surface area contributed by atoms with Crippen LogP contribution >= 0.6 is 0 Å². The van der Waals surface area contributed by atoms with E-state index in [2.05, 4.69) is 51.4 Å². The lowest BCUT2D eigenvalue weighted by molar-refractivity contribution is 0.306. The third kappa shape index (κ3) is 2.76. The van der Waals surface area contributed by atoms with Gasteiger partial charge in [0.1, 0.15) is 0 Å². The minimum atomic E-state index is 0.701. The summed E-state index contributed by atoms with van der Waals surface area (Å²) in [6, 6.07) is 9.04. The first-order valence-corrected chi connectivity index (χ1v) is 8.11. The number of nitrogens with zero attached hydrogens (tertiary/aromatic N) is 3. The molecule has 1 aromatic carbocycles. The Hall–Kier alpha value is -1.78. The van der Waals surface area contributed by atoms with Crippen molar-refractivity contribution in [3.05, 3.63) is 47.8 Å². The van der Waals surface area contributed by atoms with Crippen molar-refractivity contribution < 1.29 is 0 Å². The molecule has 0 saturated carbocycles. The van der Waals surface area contributed by atoms with Crippen molar-refractivity contribution >= 4 is 0 Å². The van der Waals surface area contributed by atoms with E-state index in [-0.39, 0.29) is 0 Å². The Morgan fingerprint density at radius 2 is 2.09 bits per heavy atom. The molecule has 3 heterocycles. The standard InChI is InChI=1S/C18H22N4/c1-13-3-2-4-15(7-13)18-20-8-14(9-21-18)10-22-11-16-5-6-19-17(16)12-22/h2-4,7-9,16-17,19H,5-6,10-12H2,1H3/t16-,17+/m0/s1.